The molecule has 0 amide bonds. The second-order valence-corrected chi connectivity index (χ2v) is 4.53. The number of rotatable bonds is 5. The molecular weight excluding hydrogens is 158 g/mol. The maximum atomic E-state index is 8.44. The average Bonchev–Trinajstić information content (AvgIpc) is 2.64. The molecule has 0 bridgehead atoms. The van der Waals surface area contributed by atoms with Gasteiger partial charge < -0.3 is 0 Å². The fraction of sp³-hybridized carbons (Fsp3) is 0.917. The van der Waals surface area contributed by atoms with E-state index < -0.39 is 0 Å². The van der Waals surface area contributed by atoms with Crippen molar-refractivity contribution in [3.05, 3.63) is 0 Å². The first-order chi connectivity index (χ1) is 6.33. The molecule has 13 heavy (non-hydrogen) atoms. The van der Waals surface area contributed by atoms with Crippen LogP contribution in [0.2, 0.25) is 0 Å². The van der Waals surface area contributed by atoms with Crippen molar-refractivity contribution in [1.82, 2.24) is 0 Å². The Morgan fingerprint density at radius 1 is 1.31 bits per heavy atom. The van der Waals surface area contributed by atoms with Crippen LogP contribution in [0.1, 0.15) is 58.3 Å². The zero-order valence-electron chi connectivity index (χ0n) is 8.76. The molecule has 1 unspecified atom stereocenters. The Balaban J connectivity index is 2.00. The third-order valence-electron chi connectivity index (χ3n) is 3.29. The summed E-state index contributed by atoms with van der Waals surface area (Å²) in [5.41, 5.74) is 0. The fourth-order valence-electron chi connectivity index (χ4n) is 2.27. The molecule has 0 heterocycles. The first-order valence-electron chi connectivity index (χ1n) is 5.70. The highest BCUT2D eigenvalue weighted by Crippen LogP contribution is 2.30. The number of hydrogen-bond donors (Lipinski definition) is 0. The predicted molar refractivity (Wildman–Crippen MR) is 55.2 cm³/mol. The van der Waals surface area contributed by atoms with Gasteiger partial charge in [0, 0.05) is 6.42 Å². The van der Waals surface area contributed by atoms with Crippen LogP contribution in [0.5, 0.6) is 0 Å². The highest BCUT2D eigenvalue weighted by atomic mass is 14.2. The van der Waals surface area contributed by atoms with Gasteiger partial charge in [-0.3, -0.25) is 0 Å². The van der Waals surface area contributed by atoms with Crippen LogP contribution in [0.3, 0.4) is 0 Å². The summed E-state index contributed by atoms with van der Waals surface area (Å²) in [7, 11) is 0. The standard InChI is InChI=1S/C12H21N/c1-11(5-4-10-13)8-9-12-6-2-3-7-12/h11-12H,2-9H2,1H3. The summed E-state index contributed by atoms with van der Waals surface area (Å²) in [4.78, 5) is 0. The van der Waals surface area contributed by atoms with Gasteiger partial charge in [0.2, 0.25) is 0 Å². The van der Waals surface area contributed by atoms with Crippen LogP contribution >= 0.6 is 0 Å². The van der Waals surface area contributed by atoms with Gasteiger partial charge >= 0.3 is 0 Å². The molecule has 1 nitrogen and oxygen atoms in total. The average molecular weight is 179 g/mol. The predicted octanol–water partition coefficient (Wildman–Crippen LogP) is 3.90. The Kier molecular flexibility index (Phi) is 4.90. The summed E-state index contributed by atoms with van der Waals surface area (Å²) < 4.78 is 0. The van der Waals surface area contributed by atoms with E-state index in [1.165, 1.54) is 38.5 Å². The summed E-state index contributed by atoms with van der Waals surface area (Å²) in [6.45, 7) is 2.28. The molecule has 0 radical (unpaired) electrons. The monoisotopic (exact) mass is 179 g/mol. The third kappa shape index (κ3) is 4.31. The SMILES string of the molecule is CC(CCC#N)CCC1CCCC1. The van der Waals surface area contributed by atoms with Gasteiger partial charge in [-0.2, -0.15) is 5.26 Å². The van der Waals surface area contributed by atoms with Crippen molar-refractivity contribution >= 4 is 0 Å². The first kappa shape index (κ1) is 10.6. The summed E-state index contributed by atoms with van der Waals surface area (Å²) in [6.07, 6.45) is 10.4. The molecule has 0 aromatic rings. The van der Waals surface area contributed by atoms with E-state index in [0.29, 0.717) is 0 Å². The smallest absolute Gasteiger partial charge is 0.0621 e. The minimum atomic E-state index is 0.742. The molecule has 1 heteroatoms. The van der Waals surface area contributed by atoms with Crippen molar-refractivity contribution in [1.29, 1.82) is 5.26 Å². The fourth-order valence-corrected chi connectivity index (χ4v) is 2.27. The third-order valence-corrected chi connectivity index (χ3v) is 3.29. The molecule has 0 aromatic carbocycles. The Bertz CT molecular complexity index is 162. The molecule has 0 aromatic heterocycles. The van der Waals surface area contributed by atoms with E-state index in [9.17, 15) is 0 Å². The van der Waals surface area contributed by atoms with Crippen molar-refractivity contribution in [3.63, 3.8) is 0 Å². The lowest BCUT2D eigenvalue weighted by Crippen LogP contribution is -1.99. The van der Waals surface area contributed by atoms with Crippen LogP contribution in [0.25, 0.3) is 0 Å². The van der Waals surface area contributed by atoms with Crippen LogP contribution in [0.15, 0.2) is 0 Å². The van der Waals surface area contributed by atoms with Gasteiger partial charge in [0.15, 0.2) is 0 Å². The van der Waals surface area contributed by atoms with Gasteiger partial charge in [0.1, 0.15) is 0 Å². The topological polar surface area (TPSA) is 23.8 Å². The van der Waals surface area contributed by atoms with Gasteiger partial charge in [-0.15, -0.1) is 0 Å². The van der Waals surface area contributed by atoms with Crippen molar-refractivity contribution in [2.24, 2.45) is 11.8 Å². The van der Waals surface area contributed by atoms with Gasteiger partial charge in [0.05, 0.1) is 6.07 Å². The molecule has 0 saturated heterocycles. The number of hydrogen-bond acceptors (Lipinski definition) is 1. The first-order valence-corrected chi connectivity index (χ1v) is 5.70. The van der Waals surface area contributed by atoms with E-state index in [-0.39, 0.29) is 0 Å². The Morgan fingerprint density at radius 3 is 2.62 bits per heavy atom. The molecule has 0 spiro atoms. The summed E-state index contributed by atoms with van der Waals surface area (Å²) >= 11 is 0. The van der Waals surface area contributed by atoms with Crippen LogP contribution < -0.4 is 0 Å². The van der Waals surface area contributed by atoms with Crippen LogP contribution in [0.4, 0.5) is 0 Å². The maximum Gasteiger partial charge on any atom is 0.0621 e. The number of nitrogens with zero attached hydrogens (tertiary/aromatic N) is 1. The summed E-state index contributed by atoms with van der Waals surface area (Å²) in [5, 5.41) is 8.44. The van der Waals surface area contributed by atoms with Crippen LogP contribution in [0, 0.1) is 23.2 Å². The lowest BCUT2D eigenvalue weighted by atomic mass is 9.93. The minimum absolute atomic E-state index is 0.742. The molecule has 1 saturated carbocycles. The van der Waals surface area contributed by atoms with E-state index >= 15 is 0 Å². The lowest BCUT2D eigenvalue weighted by Gasteiger charge is -2.12. The van der Waals surface area contributed by atoms with E-state index in [1.54, 1.807) is 0 Å². The van der Waals surface area contributed by atoms with E-state index in [0.717, 1.165) is 24.7 Å². The maximum absolute atomic E-state index is 8.44. The largest absolute Gasteiger partial charge is 0.198 e. The Labute approximate surface area is 82.1 Å². The van der Waals surface area contributed by atoms with Gasteiger partial charge in [-0.25, -0.2) is 0 Å². The van der Waals surface area contributed by atoms with Crippen LogP contribution in [-0.4, -0.2) is 0 Å². The molecule has 1 aliphatic carbocycles. The van der Waals surface area contributed by atoms with E-state index in [2.05, 4.69) is 13.0 Å². The molecule has 1 fully saturated rings. The molecule has 1 atom stereocenters. The lowest BCUT2D eigenvalue weighted by molar-refractivity contribution is 0.402. The Morgan fingerprint density at radius 2 is 2.00 bits per heavy atom. The van der Waals surface area contributed by atoms with E-state index in [1.807, 2.05) is 0 Å². The van der Waals surface area contributed by atoms with Crippen molar-refractivity contribution in [2.45, 2.75) is 58.3 Å². The van der Waals surface area contributed by atoms with Crippen molar-refractivity contribution in [3.8, 4) is 6.07 Å². The summed E-state index contributed by atoms with van der Waals surface area (Å²) in [6, 6.07) is 2.23. The van der Waals surface area contributed by atoms with Gasteiger partial charge in [-0.05, 0) is 18.3 Å². The van der Waals surface area contributed by atoms with E-state index in [4.69, 9.17) is 5.26 Å². The summed E-state index contributed by atoms with van der Waals surface area (Å²) in [5.74, 6) is 1.78. The Hall–Kier alpha value is -0.510. The minimum Gasteiger partial charge on any atom is -0.198 e. The highest BCUT2D eigenvalue weighted by molar-refractivity contribution is 4.72. The highest BCUT2D eigenvalue weighted by Gasteiger charge is 2.15. The molecule has 0 N–H and O–H groups in total. The van der Waals surface area contributed by atoms with Crippen LogP contribution in [-0.2, 0) is 0 Å². The quantitative estimate of drug-likeness (QED) is 0.628. The zero-order chi connectivity index (χ0) is 9.52. The second kappa shape index (κ2) is 6.02. The number of nitriles is 1. The van der Waals surface area contributed by atoms with Crippen molar-refractivity contribution in [2.75, 3.05) is 0 Å². The second-order valence-electron chi connectivity index (χ2n) is 4.53. The molecule has 1 rings (SSSR count). The molecule has 1 aliphatic rings. The van der Waals surface area contributed by atoms with Gasteiger partial charge in [0.25, 0.3) is 0 Å². The molecule has 0 aliphatic heterocycles. The van der Waals surface area contributed by atoms with Gasteiger partial charge in [-0.1, -0.05) is 45.4 Å². The molecule has 74 valence electrons. The molecular formula is C12H21N. The normalized spacial score (nSPS) is 20.0. The van der Waals surface area contributed by atoms with Crippen molar-refractivity contribution < 1.29 is 0 Å². The zero-order valence-corrected chi connectivity index (χ0v) is 8.76.